The van der Waals surface area contributed by atoms with Crippen molar-refractivity contribution in [1.29, 1.82) is 0 Å². The maximum atomic E-state index is 13.5. The number of hydrogen-bond donors (Lipinski definition) is 4. The van der Waals surface area contributed by atoms with Gasteiger partial charge >= 0.3 is 118 Å². The van der Waals surface area contributed by atoms with E-state index in [4.69, 9.17) is 0 Å². The molecule has 26 heteroatoms. The van der Waals surface area contributed by atoms with Gasteiger partial charge < -0.3 is 40.5 Å². The standard InChI is InChI=1S/C16H14N2O16S4.4Na/c19-13-7(36-34-32-24)1-5(17-3-35-33-31-23)9-11(13)15(21)10-6(18-4-37(25,26)27)2-8(38(28,29)30)14(20)12(10)16(9)22;;;;/h1-2,17-20,23-24H,3-4H2,(H,25,26,27)(H,28,29,30);;;;/q;4*+1/p-4. The number of anilines is 2. The van der Waals surface area contributed by atoms with Crippen LogP contribution in [0.2, 0.25) is 0 Å². The Morgan fingerprint density at radius 2 is 1.26 bits per heavy atom. The molecule has 0 heterocycles. The Bertz CT molecular complexity index is 1530. The number of hydrogen-bond acceptors (Lipinski definition) is 20. The first-order valence-electron chi connectivity index (χ1n) is 9.20. The first kappa shape index (κ1) is 45.4. The summed E-state index contributed by atoms with van der Waals surface area (Å²) in [5, 5.41) is 52.2. The molecule has 0 aliphatic heterocycles. The van der Waals surface area contributed by atoms with E-state index in [9.17, 15) is 56.3 Å². The van der Waals surface area contributed by atoms with Gasteiger partial charge in [-0.05, 0) is 12.1 Å². The maximum absolute atomic E-state index is 13.5. The quantitative estimate of drug-likeness (QED) is 0.0199. The zero-order valence-electron chi connectivity index (χ0n) is 21.8. The van der Waals surface area contributed by atoms with E-state index in [-0.39, 0.29) is 142 Å². The van der Waals surface area contributed by atoms with Crippen LogP contribution in [0.1, 0.15) is 31.8 Å². The van der Waals surface area contributed by atoms with Gasteiger partial charge in [0.25, 0.3) is 0 Å². The molecule has 4 N–H and O–H groups in total. The third kappa shape index (κ3) is 10.6. The molecule has 2 aromatic rings. The number of fused-ring (bicyclic) bond motifs is 2. The first-order valence-corrected chi connectivity index (χ1v) is 13.8. The van der Waals surface area contributed by atoms with Crippen LogP contribution in [-0.4, -0.2) is 59.5 Å². The van der Waals surface area contributed by atoms with Gasteiger partial charge in [-0.25, -0.2) is 16.8 Å². The zero-order valence-corrected chi connectivity index (χ0v) is 33.1. The van der Waals surface area contributed by atoms with Gasteiger partial charge in [0.1, 0.15) is 37.6 Å². The number of rotatable bonds is 12. The van der Waals surface area contributed by atoms with Gasteiger partial charge in [-0.1, -0.05) is 0 Å². The van der Waals surface area contributed by atoms with E-state index in [0.29, 0.717) is 18.1 Å². The first-order chi connectivity index (χ1) is 17.7. The molecule has 0 aromatic heterocycles. The Morgan fingerprint density at radius 1 is 0.762 bits per heavy atom. The molecule has 18 nitrogen and oxygen atoms in total. The van der Waals surface area contributed by atoms with Crippen LogP contribution in [0.15, 0.2) is 21.9 Å². The molecule has 0 saturated heterocycles. The number of phenolic OH excluding ortho intramolecular Hbond substituents is 2. The van der Waals surface area contributed by atoms with Gasteiger partial charge in [0.15, 0.2) is 0 Å². The second-order valence-corrected chi connectivity index (χ2v) is 11.0. The van der Waals surface area contributed by atoms with Crippen molar-refractivity contribution in [3.63, 3.8) is 0 Å². The molecule has 42 heavy (non-hydrogen) atoms. The molecule has 0 saturated carbocycles. The largest absolute Gasteiger partial charge is 1.00 e. The molecule has 2 aromatic carbocycles. The van der Waals surface area contributed by atoms with E-state index in [1.165, 1.54) is 0 Å². The minimum absolute atomic E-state index is 0. The van der Waals surface area contributed by atoms with Crippen LogP contribution in [-0.2, 0) is 39.0 Å². The number of nitrogens with one attached hydrogen (secondary N) is 2. The molecule has 1 aliphatic rings. The Morgan fingerprint density at radius 3 is 1.74 bits per heavy atom. The molecular weight excluding hydrogens is 696 g/mol. The molecule has 3 rings (SSSR count). The van der Waals surface area contributed by atoms with Crippen molar-refractivity contribution in [3.05, 3.63) is 34.4 Å². The molecule has 1 aliphatic carbocycles. The smallest absolute Gasteiger partial charge is 0.747 e. The summed E-state index contributed by atoms with van der Waals surface area (Å²) < 4.78 is 76.7. The Labute approximate surface area is 333 Å². The third-order valence-corrected chi connectivity index (χ3v) is 7.07. The van der Waals surface area contributed by atoms with Crippen molar-refractivity contribution in [2.24, 2.45) is 0 Å². The fraction of sp³-hybridized carbons (Fsp3) is 0.125. The van der Waals surface area contributed by atoms with Gasteiger partial charge in [-0.15, -0.1) is 0 Å². The Hall–Kier alpha value is 1.26. The van der Waals surface area contributed by atoms with Crippen LogP contribution in [0.25, 0.3) is 0 Å². The molecule has 0 unspecified atom stereocenters. The fourth-order valence-corrected chi connectivity index (χ4v) is 5.04. The van der Waals surface area contributed by atoms with Gasteiger partial charge in [0.05, 0.1) is 62.0 Å². The van der Waals surface area contributed by atoms with E-state index >= 15 is 0 Å². The molecular formula is C16H10N2Na4O16S4. The van der Waals surface area contributed by atoms with Crippen molar-refractivity contribution in [3.8, 4) is 11.5 Å². The average Bonchev–Trinajstić information content (AvgIpc) is 2.82. The minimum Gasteiger partial charge on any atom is -0.747 e. The number of benzene rings is 2. The van der Waals surface area contributed by atoms with E-state index < -0.39 is 86.9 Å². The maximum Gasteiger partial charge on any atom is 1.00 e. The molecule has 0 spiro atoms. The van der Waals surface area contributed by atoms with E-state index in [1.54, 1.807) is 0 Å². The summed E-state index contributed by atoms with van der Waals surface area (Å²) in [5.74, 6) is -6.95. The third-order valence-electron chi connectivity index (χ3n) is 4.70. The van der Waals surface area contributed by atoms with Crippen LogP contribution >= 0.6 is 24.1 Å². The van der Waals surface area contributed by atoms with Crippen LogP contribution in [0, 0.1) is 0 Å². The number of aromatic hydroxyl groups is 2. The normalized spacial score (nSPS) is 12.0. The van der Waals surface area contributed by atoms with E-state index in [1.807, 2.05) is 5.32 Å². The number of carbonyl (C=O) groups is 2. The predicted molar refractivity (Wildman–Crippen MR) is 116 cm³/mol. The topological polar surface area (TPSA) is 296 Å². The SMILES string of the molecule is O=C1c2c(NCS(=O)(=O)[O-])cc(S(=O)(=O)[O-])c(O)c2C(=O)c2c(NCSOO[O-])cc(SOO[O-])c(O)c21.[Na+].[Na+].[Na+].[Na+]. The number of phenols is 2. The predicted octanol–water partition coefficient (Wildman–Crippen LogP) is -13.8. The van der Waals surface area contributed by atoms with Gasteiger partial charge in [-0.3, -0.25) is 19.7 Å². The molecule has 0 atom stereocenters. The van der Waals surface area contributed by atoms with E-state index in [2.05, 4.69) is 24.1 Å². The van der Waals surface area contributed by atoms with Crippen LogP contribution in [0.5, 0.6) is 11.5 Å². The second-order valence-electron chi connectivity index (χ2n) is 6.83. The van der Waals surface area contributed by atoms with E-state index in [0.717, 1.165) is 6.07 Å². The second kappa shape index (κ2) is 19.2. The van der Waals surface area contributed by atoms with Crippen molar-refractivity contribution >= 4 is 67.3 Å². The van der Waals surface area contributed by atoms with Crippen molar-refractivity contribution in [2.75, 3.05) is 22.4 Å². The minimum atomic E-state index is -5.54. The Kier molecular flexibility index (Phi) is 20.7. The summed E-state index contributed by atoms with van der Waals surface area (Å²) in [6.07, 6.45) is 0. The fourth-order valence-electron chi connectivity index (χ4n) is 3.36. The summed E-state index contributed by atoms with van der Waals surface area (Å²) in [7, 11) is -10.6. The molecule has 0 bridgehead atoms. The summed E-state index contributed by atoms with van der Waals surface area (Å²) in [6.45, 7) is 0. The monoisotopic (exact) mass is 706 g/mol. The summed E-state index contributed by atoms with van der Waals surface area (Å²) >= 11 is 0.433. The van der Waals surface area contributed by atoms with Crippen LogP contribution in [0.3, 0.4) is 0 Å². The molecule has 0 radical (unpaired) electrons. The zero-order chi connectivity index (χ0) is 28.4. The number of ketones is 2. The van der Waals surface area contributed by atoms with Crippen molar-refractivity contribution in [2.45, 2.75) is 9.79 Å². The molecule has 0 amide bonds. The van der Waals surface area contributed by atoms with Gasteiger partial charge in [0.2, 0.25) is 11.6 Å². The van der Waals surface area contributed by atoms with Crippen LogP contribution < -0.4 is 139 Å². The summed E-state index contributed by atoms with van der Waals surface area (Å²) in [6, 6.07) is 1.28. The Balaban J connectivity index is 0. The summed E-state index contributed by atoms with van der Waals surface area (Å²) in [5.41, 5.74) is -4.68. The van der Waals surface area contributed by atoms with Crippen LogP contribution in [0.4, 0.5) is 11.4 Å². The number of carbonyl (C=O) groups excluding carboxylic acids is 2. The summed E-state index contributed by atoms with van der Waals surface area (Å²) in [4.78, 5) is 25.2. The average molecular weight is 706 g/mol. The molecule has 208 valence electrons. The van der Waals surface area contributed by atoms with Crippen molar-refractivity contribution < 1.29 is 193 Å². The molecule has 0 fully saturated rings. The van der Waals surface area contributed by atoms with Gasteiger partial charge in [-0.2, -0.15) is 8.67 Å². The van der Waals surface area contributed by atoms with Gasteiger partial charge in [0, 0.05) is 11.4 Å². The van der Waals surface area contributed by atoms with Crippen molar-refractivity contribution in [1.82, 2.24) is 0 Å².